The molecule has 0 aliphatic carbocycles. The highest BCUT2D eigenvalue weighted by molar-refractivity contribution is 6.31. The van der Waals surface area contributed by atoms with E-state index in [2.05, 4.69) is 0 Å². The van der Waals surface area contributed by atoms with Gasteiger partial charge in [0.1, 0.15) is 11.6 Å². The Kier molecular flexibility index (Phi) is 3.66. The molecule has 1 unspecified atom stereocenters. The van der Waals surface area contributed by atoms with Crippen molar-refractivity contribution in [1.29, 1.82) is 0 Å². The Morgan fingerprint density at radius 1 is 1.50 bits per heavy atom. The molecule has 5 heteroatoms. The van der Waals surface area contributed by atoms with Crippen molar-refractivity contribution < 1.29 is 14.0 Å². The first-order valence-electron chi connectivity index (χ1n) is 5.76. The Balaban J connectivity index is 2.16. The van der Waals surface area contributed by atoms with Crippen LogP contribution in [0.2, 0.25) is 5.02 Å². The fourth-order valence-electron chi connectivity index (χ4n) is 2.01. The number of hydrogen-bond donors (Lipinski definition) is 0. The third kappa shape index (κ3) is 2.53. The van der Waals surface area contributed by atoms with Crippen LogP contribution in [0.3, 0.4) is 0 Å². The number of carbonyl (C=O) groups is 2. The Morgan fingerprint density at radius 3 is 2.83 bits per heavy atom. The van der Waals surface area contributed by atoms with Gasteiger partial charge in [-0.3, -0.25) is 9.59 Å². The lowest BCUT2D eigenvalue weighted by molar-refractivity contribution is -0.124. The van der Waals surface area contributed by atoms with Gasteiger partial charge in [-0.05, 0) is 18.2 Å². The summed E-state index contributed by atoms with van der Waals surface area (Å²) in [5, 5.41) is -0.0676. The summed E-state index contributed by atoms with van der Waals surface area (Å²) in [7, 11) is 0. The zero-order valence-electron chi connectivity index (χ0n) is 9.95. The number of nitrogens with zero attached hydrogens (tertiary/aromatic N) is 1. The number of amides is 1. The summed E-state index contributed by atoms with van der Waals surface area (Å²) in [6.07, 6.45) is 0.377. The lowest BCUT2D eigenvalue weighted by Gasteiger charge is -2.30. The molecule has 0 N–H and O–H groups in total. The topological polar surface area (TPSA) is 37.4 Å². The summed E-state index contributed by atoms with van der Waals surface area (Å²) >= 11 is 5.65. The quantitative estimate of drug-likeness (QED) is 0.786. The SMILES string of the molecule is CC1CN(C(=O)c2ccc(F)c(Cl)c2)CCC1=O. The zero-order valence-corrected chi connectivity index (χ0v) is 10.7. The predicted octanol–water partition coefficient (Wildman–Crippen LogP) is 2.53. The van der Waals surface area contributed by atoms with E-state index in [1.807, 2.05) is 0 Å². The average Bonchev–Trinajstić information content (AvgIpc) is 2.35. The summed E-state index contributed by atoms with van der Waals surface area (Å²) in [5.41, 5.74) is 0.350. The first-order valence-corrected chi connectivity index (χ1v) is 6.14. The molecule has 0 bridgehead atoms. The fourth-order valence-corrected chi connectivity index (χ4v) is 2.19. The molecule has 1 aliphatic rings. The van der Waals surface area contributed by atoms with E-state index in [4.69, 9.17) is 11.6 Å². The van der Waals surface area contributed by atoms with Crippen LogP contribution in [0.5, 0.6) is 0 Å². The molecule has 1 amide bonds. The molecule has 1 heterocycles. The molecular formula is C13H13ClFNO2. The van der Waals surface area contributed by atoms with Crippen molar-refractivity contribution in [2.24, 2.45) is 5.92 Å². The maximum Gasteiger partial charge on any atom is 0.253 e. The molecule has 0 spiro atoms. The van der Waals surface area contributed by atoms with Gasteiger partial charge in [0.2, 0.25) is 0 Å². The van der Waals surface area contributed by atoms with Crippen LogP contribution in [-0.2, 0) is 4.79 Å². The molecule has 0 saturated carbocycles. The van der Waals surface area contributed by atoms with Crippen molar-refractivity contribution in [1.82, 2.24) is 4.90 Å². The molecule has 1 atom stereocenters. The number of carbonyl (C=O) groups excluding carboxylic acids is 2. The number of halogens is 2. The molecule has 2 rings (SSSR count). The number of rotatable bonds is 1. The molecule has 1 aromatic carbocycles. The number of piperidine rings is 1. The van der Waals surface area contributed by atoms with E-state index in [-0.39, 0.29) is 22.6 Å². The molecule has 18 heavy (non-hydrogen) atoms. The second-order valence-corrected chi connectivity index (χ2v) is 4.90. The second-order valence-electron chi connectivity index (χ2n) is 4.50. The molecular weight excluding hydrogens is 257 g/mol. The molecule has 1 fully saturated rings. The van der Waals surface area contributed by atoms with Gasteiger partial charge in [-0.1, -0.05) is 18.5 Å². The number of Topliss-reactive ketones (excluding diaryl/α,β-unsaturated/α-hetero) is 1. The van der Waals surface area contributed by atoms with E-state index in [1.165, 1.54) is 18.2 Å². The molecule has 0 radical (unpaired) electrons. The maximum absolute atomic E-state index is 13.0. The predicted molar refractivity (Wildman–Crippen MR) is 66.1 cm³/mol. The van der Waals surface area contributed by atoms with Crippen molar-refractivity contribution in [3.05, 3.63) is 34.6 Å². The highest BCUT2D eigenvalue weighted by Crippen LogP contribution is 2.19. The van der Waals surface area contributed by atoms with Gasteiger partial charge in [0.05, 0.1) is 5.02 Å². The van der Waals surface area contributed by atoms with Gasteiger partial charge >= 0.3 is 0 Å². The fraction of sp³-hybridized carbons (Fsp3) is 0.385. The number of benzene rings is 1. The Labute approximate surface area is 110 Å². The minimum atomic E-state index is -0.546. The van der Waals surface area contributed by atoms with Crippen molar-refractivity contribution in [3.8, 4) is 0 Å². The normalized spacial score (nSPS) is 20.1. The minimum Gasteiger partial charge on any atom is -0.337 e. The van der Waals surface area contributed by atoms with E-state index >= 15 is 0 Å². The average molecular weight is 270 g/mol. The van der Waals surface area contributed by atoms with Crippen LogP contribution in [0, 0.1) is 11.7 Å². The number of hydrogen-bond acceptors (Lipinski definition) is 2. The summed E-state index contributed by atoms with van der Waals surface area (Å²) in [6, 6.07) is 3.90. The van der Waals surface area contributed by atoms with E-state index in [0.29, 0.717) is 25.1 Å². The van der Waals surface area contributed by atoms with Crippen LogP contribution in [0.15, 0.2) is 18.2 Å². The van der Waals surface area contributed by atoms with E-state index in [0.717, 1.165) is 0 Å². The van der Waals surface area contributed by atoms with Crippen LogP contribution < -0.4 is 0 Å². The third-order valence-corrected chi connectivity index (χ3v) is 3.42. The van der Waals surface area contributed by atoms with E-state index < -0.39 is 5.82 Å². The Hall–Kier alpha value is -1.42. The van der Waals surface area contributed by atoms with Crippen molar-refractivity contribution in [3.63, 3.8) is 0 Å². The molecule has 1 aliphatic heterocycles. The summed E-state index contributed by atoms with van der Waals surface area (Å²) in [4.78, 5) is 25.1. The number of likely N-dealkylation sites (tertiary alicyclic amines) is 1. The van der Waals surface area contributed by atoms with Crippen LogP contribution in [0.25, 0.3) is 0 Å². The Bertz CT molecular complexity index is 504. The second kappa shape index (κ2) is 5.06. The summed E-state index contributed by atoms with van der Waals surface area (Å²) < 4.78 is 13.0. The van der Waals surface area contributed by atoms with Crippen LogP contribution in [0.1, 0.15) is 23.7 Å². The monoisotopic (exact) mass is 269 g/mol. The minimum absolute atomic E-state index is 0.0676. The van der Waals surface area contributed by atoms with Gasteiger partial charge in [-0.25, -0.2) is 4.39 Å². The van der Waals surface area contributed by atoms with Crippen LogP contribution >= 0.6 is 11.6 Å². The van der Waals surface area contributed by atoms with Gasteiger partial charge in [-0.2, -0.15) is 0 Å². The molecule has 0 aromatic heterocycles. The van der Waals surface area contributed by atoms with Crippen molar-refractivity contribution in [2.75, 3.05) is 13.1 Å². The van der Waals surface area contributed by atoms with Gasteiger partial charge in [0, 0.05) is 31.0 Å². The first kappa shape index (κ1) is 13.0. The van der Waals surface area contributed by atoms with Gasteiger partial charge < -0.3 is 4.90 Å². The van der Waals surface area contributed by atoms with Crippen molar-refractivity contribution >= 4 is 23.3 Å². The van der Waals surface area contributed by atoms with E-state index in [9.17, 15) is 14.0 Å². The largest absolute Gasteiger partial charge is 0.337 e. The van der Waals surface area contributed by atoms with Crippen LogP contribution in [-0.4, -0.2) is 29.7 Å². The molecule has 1 aromatic rings. The number of ketones is 1. The van der Waals surface area contributed by atoms with Gasteiger partial charge in [-0.15, -0.1) is 0 Å². The molecule has 3 nitrogen and oxygen atoms in total. The first-order chi connectivity index (χ1) is 8.49. The van der Waals surface area contributed by atoms with Gasteiger partial charge in [0.25, 0.3) is 5.91 Å². The smallest absolute Gasteiger partial charge is 0.253 e. The van der Waals surface area contributed by atoms with Crippen LogP contribution in [0.4, 0.5) is 4.39 Å². The van der Waals surface area contributed by atoms with Gasteiger partial charge in [0.15, 0.2) is 0 Å². The van der Waals surface area contributed by atoms with Crippen molar-refractivity contribution in [2.45, 2.75) is 13.3 Å². The third-order valence-electron chi connectivity index (χ3n) is 3.13. The highest BCUT2D eigenvalue weighted by atomic mass is 35.5. The standard InChI is InChI=1S/C13H13ClFNO2/c1-8-7-16(5-4-12(8)17)13(18)9-2-3-11(15)10(14)6-9/h2-3,6,8H,4-5,7H2,1H3. The highest BCUT2D eigenvalue weighted by Gasteiger charge is 2.27. The van der Waals surface area contributed by atoms with E-state index in [1.54, 1.807) is 11.8 Å². The molecule has 96 valence electrons. The lowest BCUT2D eigenvalue weighted by atomic mass is 9.98. The zero-order chi connectivity index (χ0) is 13.3. The Morgan fingerprint density at radius 2 is 2.22 bits per heavy atom. The lowest BCUT2D eigenvalue weighted by Crippen LogP contribution is -2.43. The molecule has 1 saturated heterocycles. The summed E-state index contributed by atoms with van der Waals surface area (Å²) in [6.45, 7) is 2.63. The summed E-state index contributed by atoms with van der Waals surface area (Å²) in [5.74, 6) is -0.721. The maximum atomic E-state index is 13.0.